The molecular formula is C35H50N2O10. The van der Waals surface area contributed by atoms with Gasteiger partial charge >= 0.3 is 11.9 Å². The fourth-order valence-electron chi connectivity index (χ4n) is 10.4. The number of fused-ring (bicyclic) bond motifs is 5. The molecule has 4 aliphatic carbocycles. The number of cyclic esters (lactones) is 1. The highest BCUT2D eigenvalue weighted by Gasteiger charge is 2.70. The van der Waals surface area contributed by atoms with Crippen LogP contribution < -0.4 is 5.32 Å². The van der Waals surface area contributed by atoms with Crippen LogP contribution in [0.4, 0.5) is 0 Å². The van der Waals surface area contributed by atoms with Crippen molar-refractivity contribution in [2.24, 2.45) is 34.5 Å². The second kappa shape index (κ2) is 13.2. The zero-order valence-electron chi connectivity index (χ0n) is 27.7. The summed E-state index contributed by atoms with van der Waals surface area (Å²) in [6, 6.07) is 0. The van der Waals surface area contributed by atoms with Crippen LogP contribution in [-0.4, -0.2) is 82.5 Å². The summed E-state index contributed by atoms with van der Waals surface area (Å²) in [6.45, 7) is 5.06. The Bertz CT molecular complexity index is 1300. The molecule has 2 heterocycles. The number of hydrogen-bond donors (Lipinski definition) is 3. The van der Waals surface area contributed by atoms with Crippen molar-refractivity contribution in [3.05, 3.63) is 11.6 Å². The van der Waals surface area contributed by atoms with Gasteiger partial charge in [0.2, 0.25) is 5.91 Å². The van der Waals surface area contributed by atoms with E-state index in [-0.39, 0.29) is 73.6 Å². The first-order valence-electron chi connectivity index (χ1n) is 17.6. The van der Waals surface area contributed by atoms with Crippen LogP contribution in [0.2, 0.25) is 0 Å². The van der Waals surface area contributed by atoms with Crippen LogP contribution in [0.5, 0.6) is 0 Å². The predicted octanol–water partition coefficient (Wildman–Crippen LogP) is 2.88. The highest BCUT2D eigenvalue weighted by atomic mass is 16.7. The summed E-state index contributed by atoms with van der Waals surface area (Å²) < 4.78 is 11.3. The molecule has 0 radical (unpaired) electrons. The van der Waals surface area contributed by atoms with Gasteiger partial charge < -0.3 is 29.8 Å². The molecule has 3 N–H and O–H groups in total. The van der Waals surface area contributed by atoms with Gasteiger partial charge in [-0.05, 0) is 98.9 Å². The van der Waals surface area contributed by atoms with Crippen molar-refractivity contribution in [2.75, 3.05) is 19.8 Å². The first kappa shape index (κ1) is 34.0. The Morgan fingerprint density at radius 2 is 1.77 bits per heavy atom. The molecule has 0 spiro atoms. The van der Waals surface area contributed by atoms with Gasteiger partial charge in [-0.3, -0.25) is 14.4 Å². The third kappa shape index (κ3) is 6.14. The van der Waals surface area contributed by atoms with E-state index in [4.69, 9.17) is 14.3 Å². The van der Waals surface area contributed by atoms with Gasteiger partial charge in [-0.1, -0.05) is 20.3 Å². The molecular weight excluding hydrogens is 608 g/mol. The summed E-state index contributed by atoms with van der Waals surface area (Å²) in [5.74, 6) is -1.51. The number of hydroxylamine groups is 2. The van der Waals surface area contributed by atoms with Crippen LogP contribution in [-0.2, 0) is 38.3 Å². The highest BCUT2D eigenvalue weighted by molar-refractivity contribution is 6.01. The lowest BCUT2D eigenvalue weighted by Crippen LogP contribution is -2.67. The first-order valence-corrected chi connectivity index (χ1v) is 17.6. The lowest BCUT2D eigenvalue weighted by atomic mass is 9.42. The minimum Gasteiger partial charge on any atom is -0.458 e. The fraction of sp³-hybridized carbons (Fsp3) is 0.800. The van der Waals surface area contributed by atoms with E-state index in [1.165, 1.54) is 0 Å². The van der Waals surface area contributed by atoms with E-state index in [0.717, 1.165) is 44.1 Å². The van der Waals surface area contributed by atoms with Crippen molar-refractivity contribution in [3.63, 3.8) is 0 Å². The second-order valence-electron chi connectivity index (χ2n) is 15.3. The van der Waals surface area contributed by atoms with Crippen LogP contribution in [0.1, 0.15) is 104 Å². The largest absolute Gasteiger partial charge is 0.458 e. The number of rotatable bonds is 11. The number of nitrogens with one attached hydrogen (secondary N) is 1. The molecule has 9 atom stereocenters. The Balaban J connectivity index is 0.929. The van der Waals surface area contributed by atoms with Gasteiger partial charge in [0.25, 0.3) is 11.8 Å². The molecule has 0 aromatic carbocycles. The Hall–Kier alpha value is -2.83. The molecule has 6 rings (SSSR count). The van der Waals surface area contributed by atoms with Gasteiger partial charge in [0.15, 0.2) is 0 Å². The zero-order valence-corrected chi connectivity index (χ0v) is 27.7. The second-order valence-corrected chi connectivity index (χ2v) is 15.3. The van der Waals surface area contributed by atoms with Crippen LogP contribution in [0, 0.1) is 34.5 Å². The van der Waals surface area contributed by atoms with Gasteiger partial charge in [0.05, 0.1) is 17.8 Å². The van der Waals surface area contributed by atoms with Gasteiger partial charge in [0.1, 0.15) is 13.2 Å². The normalized spacial score (nSPS) is 39.5. The number of ether oxygens (including phenoxy) is 2. The maximum absolute atomic E-state index is 12.5. The smallest absolute Gasteiger partial charge is 0.333 e. The van der Waals surface area contributed by atoms with E-state index in [1.54, 1.807) is 6.08 Å². The van der Waals surface area contributed by atoms with E-state index in [0.29, 0.717) is 49.6 Å². The summed E-state index contributed by atoms with van der Waals surface area (Å²) in [4.78, 5) is 64.2. The molecule has 2 aliphatic heterocycles. The topological polar surface area (TPSA) is 169 Å². The standard InChI is InChI=1S/C35H50N2O10/c1-33-13-11-23(45-20-28(39)36-15-5-3-4-6-31(42)47-37-29(40)9-10-30(37)41)17-22(33)7-8-25-26(33)18-27(38)34(2)24(12-14-35(25,34)44)21-16-32(43)46-19-21/h16,22-27,38,44H,3-15,17-20H2,1-2H3,(H,36,39)/t22-,23+,24-,25-,26+,27-,33+,34+,35?/m1/s1. The molecule has 12 heteroatoms. The number of aliphatic hydroxyl groups is 2. The van der Waals surface area contributed by atoms with Crippen molar-refractivity contribution >= 4 is 29.7 Å². The number of carbonyl (C=O) groups excluding carboxylic acids is 5. The maximum Gasteiger partial charge on any atom is 0.333 e. The Morgan fingerprint density at radius 3 is 2.49 bits per heavy atom. The Morgan fingerprint density at radius 1 is 1.00 bits per heavy atom. The molecule has 6 aliphatic rings. The SMILES string of the molecule is C[C@]12CC[C@H](OCC(=O)NCCCCCC(=O)ON3C(=O)CCC3=O)C[C@H]1CC[C@@H]1[C@@H]2C[C@@H](O)[C@]2(C)[C@@H](C3=CC(=O)OC3)CCC12O. The Labute approximate surface area is 275 Å². The summed E-state index contributed by atoms with van der Waals surface area (Å²) in [6.07, 6.45) is 9.45. The molecule has 0 aromatic rings. The molecule has 12 nitrogen and oxygen atoms in total. The quantitative estimate of drug-likeness (QED) is 0.171. The lowest BCUT2D eigenvalue weighted by molar-refractivity contribution is -0.245. The minimum atomic E-state index is -0.996. The van der Waals surface area contributed by atoms with Crippen molar-refractivity contribution in [2.45, 2.75) is 122 Å². The summed E-state index contributed by atoms with van der Waals surface area (Å²) in [5, 5.41) is 27.6. The number of carbonyl (C=O) groups is 5. The van der Waals surface area contributed by atoms with Crippen molar-refractivity contribution in [3.8, 4) is 0 Å². The molecule has 5 fully saturated rings. The van der Waals surface area contributed by atoms with Gasteiger partial charge in [-0.2, -0.15) is 0 Å². The average Bonchev–Trinajstić information content (AvgIpc) is 3.69. The predicted molar refractivity (Wildman–Crippen MR) is 166 cm³/mol. The number of aliphatic hydroxyl groups excluding tert-OH is 1. The van der Waals surface area contributed by atoms with Crippen LogP contribution in [0.3, 0.4) is 0 Å². The zero-order chi connectivity index (χ0) is 33.6. The molecule has 0 bridgehead atoms. The van der Waals surface area contributed by atoms with E-state index in [9.17, 15) is 34.2 Å². The van der Waals surface area contributed by atoms with Gasteiger partial charge in [-0.25, -0.2) is 9.59 Å². The third-order valence-electron chi connectivity index (χ3n) is 13.1. The lowest BCUT2D eigenvalue weighted by Gasteiger charge is -2.65. The number of hydrogen-bond acceptors (Lipinski definition) is 10. The van der Waals surface area contributed by atoms with Gasteiger partial charge in [0, 0.05) is 37.3 Å². The number of imide groups is 1. The number of nitrogens with zero attached hydrogens (tertiary/aromatic N) is 1. The van der Waals surface area contributed by atoms with Crippen molar-refractivity contribution in [1.29, 1.82) is 0 Å². The van der Waals surface area contributed by atoms with E-state index in [2.05, 4.69) is 12.2 Å². The van der Waals surface area contributed by atoms with Gasteiger partial charge in [-0.15, -0.1) is 5.06 Å². The molecule has 4 saturated carbocycles. The highest BCUT2D eigenvalue weighted by Crippen LogP contribution is 2.70. The summed E-state index contributed by atoms with van der Waals surface area (Å²) in [5.41, 5.74) is -0.836. The molecule has 47 heavy (non-hydrogen) atoms. The van der Waals surface area contributed by atoms with Crippen molar-refractivity contribution in [1.82, 2.24) is 10.4 Å². The Kier molecular flexibility index (Phi) is 9.59. The third-order valence-corrected chi connectivity index (χ3v) is 13.1. The van der Waals surface area contributed by atoms with E-state index >= 15 is 0 Å². The van der Waals surface area contributed by atoms with Crippen molar-refractivity contribution < 1.29 is 48.5 Å². The summed E-state index contributed by atoms with van der Waals surface area (Å²) >= 11 is 0. The van der Waals surface area contributed by atoms with E-state index < -0.39 is 34.9 Å². The number of unbranched alkanes of at least 4 members (excludes halogenated alkanes) is 2. The van der Waals surface area contributed by atoms with Crippen LogP contribution >= 0.6 is 0 Å². The molecule has 260 valence electrons. The van der Waals surface area contributed by atoms with Crippen LogP contribution in [0.15, 0.2) is 11.6 Å². The monoisotopic (exact) mass is 658 g/mol. The van der Waals surface area contributed by atoms with E-state index in [1.807, 2.05) is 6.92 Å². The molecule has 1 saturated heterocycles. The molecule has 0 aromatic heterocycles. The average molecular weight is 659 g/mol. The minimum absolute atomic E-state index is 0.00928. The fourth-order valence-corrected chi connectivity index (χ4v) is 10.4. The molecule has 1 unspecified atom stereocenters. The van der Waals surface area contributed by atoms with Crippen LogP contribution in [0.25, 0.3) is 0 Å². The number of esters is 1. The molecule has 3 amide bonds. The maximum atomic E-state index is 12.5. The number of amides is 3. The summed E-state index contributed by atoms with van der Waals surface area (Å²) in [7, 11) is 0. The first-order chi connectivity index (χ1) is 22.4.